The summed E-state index contributed by atoms with van der Waals surface area (Å²) in [6.45, 7) is 7.73. The fraction of sp³-hybridized carbons (Fsp3) is 0.636. The fourth-order valence-electron chi connectivity index (χ4n) is 1.43. The van der Waals surface area contributed by atoms with Gasteiger partial charge in [0, 0.05) is 19.5 Å². The molecule has 0 unspecified atom stereocenters. The summed E-state index contributed by atoms with van der Waals surface area (Å²) >= 11 is 0. The summed E-state index contributed by atoms with van der Waals surface area (Å²) in [7, 11) is 0. The zero-order valence-corrected chi connectivity index (χ0v) is 10.9. The molecule has 1 N–H and O–H groups in total. The average Bonchev–Trinajstić information content (AvgIpc) is 2.95. The smallest absolute Gasteiger partial charge is 0.227 e. The third-order valence-corrected chi connectivity index (χ3v) is 2.46. The van der Waals surface area contributed by atoms with Gasteiger partial charge in [0.05, 0.1) is 17.4 Å². The van der Waals surface area contributed by atoms with Gasteiger partial charge in [-0.3, -0.25) is 0 Å². The first kappa shape index (κ1) is 12.7. The quantitative estimate of drug-likeness (QED) is 0.788. The first-order valence-electron chi connectivity index (χ1n) is 5.94. The van der Waals surface area contributed by atoms with Crippen molar-refractivity contribution in [3.8, 4) is 0 Å². The van der Waals surface area contributed by atoms with Crippen molar-refractivity contribution in [1.29, 1.82) is 0 Å². The van der Waals surface area contributed by atoms with E-state index in [-0.39, 0.29) is 5.54 Å². The number of hydrogen-bond acceptors (Lipinski definition) is 6. The molecule has 0 aliphatic carbocycles. The van der Waals surface area contributed by atoms with Gasteiger partial charge in [0.15, 0.2) is 6.33 Å². The van der Waals surface area contributed by atoms with Crippen LogP contribution < -0.4 is 5.32 Å². The Hall–Kier alpha value is -1.76. The highest BCUT2D eigenvalue weighted by atomic mass is 16.5. The summed E-state index contributed by atoms with van der Waals surface area (Å²) < 4.78 is 6.76. The van der Waals surface area contributed by atoms with Crippen molar-refractivity contribution in [2.45, 2.75) is 39.3 Å². The lowest BCUT2D eigenvalue weighted by Gasteiger charge is -2.17. The second kappa shape index (κ2) is 5.26. The second-order valence-electron chi connectivity index (χ2n) is 5.09. The summed E-state index contributed by atoms with van der Waals surface area (Å²) in [4.78, 5) is 3.95. The molecule has 2 heterocycles. The van der Waals surface area contributed by atoms with Gasteiger partial charge < -0.3 is 9.84 Å². The molecule has 0 spiro atoms. The minimum Gasteiger partial charge on any atom is -0.340 e. The largest absolute Gasteiger partial charge is 0.340 e. The normalized spacial score (nSPS) is 11.9. The summed E-state index contributed by atoms with van der Waals surface area (Å²) in [6.07, 6.45) is 4.08. The van der Waals surface area contributed by atoms with Crippen LogP contribution in [0.15, 0.2) is 17.0 Å². The van der Waals surface area contributed by atoms with Gasteiger partial charge in [0.1, 0.15) is 0 Å². The van der Waals surface area contributed by atoms with E-state index in [2.05, 4.69) is 46.5 Å². The maximum absolute atomic E-state index is 4.90. The molecule has 0 amide bonds. The van der Waals surface area contributed by atoms with Crippen LogP contribution in [0.3, 0.4) is 0 Å². The predicted molar refractivity (Wildman–Crippen MR) is 64.7 cm³/mol. The molecule has 0 fully saturated rings. The standard InChI is InChI=1S/C11H18N6O/c1-11(2,3)17-7-9(15-16-17)6-12-5-4-10-13-8-14-18-10/h7-8,12H,4-6H2,1-3H3. The maximum Gasteiger partial charge on any atom is 0.227 e. The van der Waals surface area contributed by atoms with Gasteiger partial charge in [-0.2, -0.15) is 4.98 Å². The van der Waals surface area contributed by atoms with Crippen LogP contribution in [0.2, 0.25) is 0 Å². The van der Waals surface area contributed by atoms with Crippen LogP contribution in [0.1, 0.15) is 32.4 Å². The van der Waals surface area contributed by atoms with Crippen molar-refractivity contribution in [3.63, 3.8) is 0 Å². The summed E-state index contributed by atoms with van der Waals surface area (Å²) in [5.74, 6) is 0.640. The van der Waals surface area contributed by atoms with Crippen LogP contribution in [0, 0.1) is 0 Å². The van der Waals surface area contributed by atoms with Gasteiger partial charge in [-0.15, -0.1) is 5.10 Å². The second-order valence-corrected chi connectivity index (χ2v) is 5.09. The lowest BCUT2D eigenvalue weighted by Crippen LogP contribution is -2.22. The molecule has 7 heteroatoms. The van der Waals surface area contributed by atoms with E-state index in [9.17, 15) is 0 Å². The average molecular weight is 250 g/mol. The van der Waals surface area contributed by atoms with Crippen LogP contribution in [-0.4, -0.2) is 31.7 Å². The zero-order chi connectivity index (χ0) is 13.0. The molecule has 0 radical (unpaired) electrons. The summed E-state index contributed by atoms with van der Waals surface area (Å²) in [5.41, 5.74) is 0.894. The highest BCUT2D eigenvalue weighted by molar-refractivity contribution is 4.94. The van der Waals surface area contributed by atoms with Gasteiger partial charge in [-0.25, -0.2) is 4.68 Å². The van der Waals surface area contributed by atoms with Crippen molar-refractivity contribution in [2.75, 3.05) is 6.54 Å². The van der Waals surface area contributed by atoms with Crippen molar-refractivity contribution >= 4 is 0 Å². The molecule has 2 rings (SSSR count). The van der Waals surface area contributed by atoms with Gasteiger partial charge >= 0.3 is 0 Å². The predicted octanol–water partition coefficient (Wildman–Crippen LogP) is 0.748. The number of nitrogens with zero attached hydrogens (tertiary/aromatic N) is 5. The molecule has 18 heavy (non-hydrogen) atoms. The Balaban J connectivity index is 1.75. The fourth-order valence-corrected chi connectivity index (χ4v) is 1.43. The molecule has 7 nitrogen and oxygen atoms in total. The Kier molecular flexibility index (Phi) is 3.71. The molecular formula is C11H18N6O. The maximum atomic E-state index is 4.90. The summed E-state index contributed by atoms with van der Waals surface area (Å²) in [5, 5.41) is 15.0. The summed E-state index contributed by atoms with van der Waals surface area (Å²) in [6, 6.07) is 0. The SMILES string of the molecule is CC(C)(C)n1cc(CNCCc2ncno2)nn1. The highest BCUT2D eigenvalue weighted by Crippen LogP contribution is 2.11. The molecule has 0 aromatic carbocycles. The monoisotopic (exact) mass is 250 g/mol. The van der Waals surface area contributed by atoms with E-state index in [1.165, 1.54) is 6.33 Å². The van der Waals surface area contributed by atoms with Gasteiger partial charge in [-0.1, -0.05) is 10.4 Å². The molecule has 0 bridgehead atoms. The van der Waals surface area contributed by atoms with Crippen molar-refractivity contribution in [2.24, 2.45) is 0 Å². The number of aromatic nitrogens is 5. The minimum atomic E-state index is -0.0327. The van der Waals surface area contributed by atoms with Crippen LogP contribution in [-0.2, 0) is 18.5 Å². The van der Waals surface area contributed by atoms with E-state index in [1.54, 1.807) is 0 Å². The molecule has 0 aliphatic heterocycles. The molecular weight excluding hydrogens is 232 g/mol. The van der Waals surface area contributed by atoms with Crippen LogP contribution in [0.5, 0.6) is 0 Å². The first-order chi connectivity index (χ1) is 8.55. The first-order valence-corrected chi connectivity index (χ1v) is 5.94. The van der Waals surface area contributed by atoms with Crippen LogP contribution in [0.25, 0.3) is 0 Å². The van der Waals surface area contributed by atoms with E-state index in [1.807, 2.05) is 10.9 Å². The third kappa shape index (κ3) is 3.36. The topological polar surface area (TPSA) is 81.7 Å². The Morgan fingerprint density at radius 3 is 2.83 bits per heavy atom. The molecule has 98 valence electrons. The third-order valence-electron chi connectivity index (χ3n) is 2.46. The number of rotatable bonds is 5. The van der Waals surface area contributed by atoms with Gasteiger partial charge in [0.2, 0.25) is 5.89 Å². The Morgan fingerprint density at radius 2 is 2.22 bits per heavy atom. The van der Waals surface area contributed by atoms with E-state index >= 15 is 0 Å². The van der Waals surface area contributed by atoms with E-state index < -0.39 is 0 Å². The van der Waals surface area contributed by atoms with Crippen molar-refractivity contribution < 1.29 is 4.52 Å². The van der Waals surface area contributed by atoms with Gasteiger partial charge in [0.25, 0.3) is 0 Å². The number of hydrogen-bond donors (Lipinski definition) is 1. The molecule has 0 aliphatic rings. The lowest BCUT2D eigenvalue weighted by molar-refractivity contribution is 0.347. The Labute approximate surface area is 106 Å². The Bertz CT molecular complexity index is 470. The van der Waals surface area contributed by atoms with Crippen molar-refractivity contribution in [1.82, 2.24) is 30.5 Å². The van der Waals surface area contributed by atoms with E-state index in [0.29, 0.717) is 18.9 Å². The molecule has 2 aromatic rings. The van der Waals surface area contributed by atoms with Crippen molar-refractivity contribution in [3.05, 3.63) is 24.1 Å². The van der Waals surface area contributed by atoms with Gasteiger partial charge in [-0.05, 0) is 20.8 Å². The molecule has 2 aromatic heterocycles. The number of nitrogens with one attached hydrogen (secondary N) is 1. The van der Waals surface area contributed by atoms with E-state index in [4.69, 9.17) is 4.52 Å². The zero-order valence-electron chi connectivity index (χ0n) is 10.9. The molecule has 0 atom stereocenters. The van der Waals surface area contributed by atoms with Crippen LogP contribution in [0.4, 0.5) is 0 Å². The highest BCUT2D eigenvalue weighted by Gasteiger charge is 2.14. The molecule has 0 saturated heterocycles. The van der Waals surface area contributed by atoms with E-state index in [0.717, 1.165) is 12.2 Å². The lowest BCUT2D eigenvalue weighted by atomic mass is 10.1. The van der Waals surface area contributed by atoms with Crippen LogP contribution >= 0.6 is 0 Å². The minimum absolute atomic E-state index is 0.0327. The molecule has 0 saturated carbocycles. The Morgan fingerprint density at radius 1 is 1.39 bits per heavy atom.